The molecule has 4 aromatic rings. The van der Waals surface area contributed by atoms with Crippen LogP contribution in [0.5, 0.6) is 0 Å². The molecule has 0 aromatic heterocycles. The highest BCUT2D eigenvalue weighted by atomic mass is 14.2. The third kappa shape index (κ3) is 2.41. The molecule has 0 unspecified atom stereocenters. The largest absolute Gasteiger partial charge is 0.0622 e. The molecule has 24 heavy (non-hydrogen) atoms. The Kier molecular flexibility index (Phi) is 3.66. The van der Waals surface area contributed by atoms with E-state index in [0.717, 1.165) is 0 Å². The summed E-state index contributed by atoms with van der Waals surface area (Å²) in [6.07, 6.45) is 0. The van der Waals surface area contributed by atoms with Crippen LogP contribution in [0.15, 0.2) is 84.9 Å². The van der Waals surface area contributed by atoms with Crippen molar-refractivity contribution in [2.45, 2.75) is 13.8 Å². The average Bonchev–Trinajstić information content (AvgIpc) is 2.64. The molecule has 0 fully saturated rings. The second-order valence-corrected chi connectivity index (χ2v) is 6.32. The molecule has 0 amide bonds. The molecule has 0 saturated carbocycles. The van der Waals surface area contributed by atoms with Crippen molar-refractivity contribution in [1.82, 2.24) is 0 Å². The van der Waals surface area contributed by atoms with E-state index in [2.05, 4.69) is 98.8 Å². The van der Waals surface area contributed by atoms with E-state index in [1.165, 1.54) is 44.2 Å². The highest BCUT2D eigenvalue weighted by Crippen LogP contribution is 2.39. The van der Waals surface area contributed by atoms with E-state index in [1.54, 1.807) is 0 Å². The van der Waals surface area contributed by atoms with Gasteiger partial charge in [0.2, 0.25) is 0 Å². The summed E-state index contributed by atoms with van der Waals surface area (Å²) in [4.78, 5) is 0. The van der Waals surface area contributed by atoms with E-state index in [-0.39, 0.29) is 0 Å². The van der Waals surface area contributed by atoms with Gasteiger partial charge < -0.3 is 0 Å². The molecule has 4 rings (SSSR count). The maximum absolute atomic E-state index is 2.26. The second kappa shape index (κ2) is 5.98. The van der Waals surface area contributed by atoms with Crippen LogP contribution in [-0.2, 0) is 0 Å². The highest BCUT2D eigenvalue weighted by Gasteiger charge is 2.14. The van der Waals surface area contributed by atoms with Crippen molar-refractivity contribution in [3.63, 3.8) is 0 Å². The normalized spacial score (nSPS) is 10.9. The molecule has 0 aliphatic rings. The van der Waals surface area contributed by atoms with Crippen LogP contribution in [0, 0.1) is 13.8 Å². The molecule has 0 radical (unpaired) electrons. The number of hydrogen-bond acceptors (Lipinski definition) is 0. The summed E-state index contributed by atoms with van der Waals surface area (Å²) in [5.74, 6) is 0. The summed E-state index contributed by atoms with van der Waals surface area (Å²) in [5, 5.41) is 2.60. The zero-order chi connectivity index (χ0) is 16.5. The summed E-state index contributed by atoms with van der Waals surface area (Å²) in [7, 11) is 0. The molecule has 116 valence electrons. The summed E-state index contributed by atoms with van der Waals surface area (Å²) in [6.45, 7) is 4.41. The lowest BCUT2D eigenvalue weighted by atomic mass is 9.87. The van der Waals surface area contributed by atoms with Gasteiger partial charge in [-0.15, -0.1) is 0 Å². The minimum Gasteiger partial charge on any atom is -0.0622 e. The van der Waals surface area contributed by atoms with Gasteiger partial charge in [0.05, 0.1) is 0 Å². The van der Waals surface area contributed by atoms with Gasteiger partial charge >= 0.3 is 0 Å². The molecular weight excluding hydrogens is 288 g/mol. The van der Waals surface area contributed by atoms with Crippen LogP contribution in [0.4, 0.5) is 0 Å². The molecule has 0 spiro atoms. The zero-order valence-corrected chi connectivity index (χ0v) is 14.1. The van der Waals surface area contributed by atoms with E-state index in [9.17, 15) is 0 Å². The standard InChI is InChI=1S/C24H20/c1-17-9-8-14-21(18(17)2)24-22-13-7-6-12-20(22)15-16-23(24)19-10-4-3-5-11-19/h3-16H,1-2H3. The van der Waals surface area contributed by atoms with Crippen LogP contribution in [0.3, 0.4) is 0 Å². The molecule has 0 heterocycles. The Morgan fingerprint density at radius 1 is 0.542 bits per heavy atom. The van der Waals surface area contributed by atoms with Gasteiger partial charge in [0.1, 0.15) is 0 Å². The molecule has 4 aromatic carbocycles. The lowest BCUT2D eigenvalue weighted by Gasteiger charge is -2.17. The Hall–Kier alpha value is -2.86. The fraction of sp³-hybridized carbons (Fsp3) is 0.0833. The van der Waals surface area contributed by atoms with Crippen molar-refractivity contribution in [2.75, 3.05) is 0 Å². The minimum absolute atomic E-state index is 1.26. The molecule has 0 atom stereocenters. The number of aryl methyl sites for hydroxylation is 1. The third-order valence-corrected chi connectivity index (χ3v) is 4.89. The second-order valence-electron chi connectivity index (χ2n) is 6.32. The first-order valence-electron chi connectivity index (χ1n) is 8.39. The van der Waals surface area contributed by atoms with Crippen LogP contribution < -0.4 is 0 Å². The van der Waals surface area contributed by atoms with Crippen molar-refractivity contribution in [2.24, 2.45) is 0 Å². The van der Waals surface area contributed by atoms with Gasteiger partial charge in [0, 0.05) is 0 Å². The molecule has 0 nitrogen and oxygen atoms in total. The first-order valence-corrected chi connectivity index (χ1v) is 8.39. The molecule has 0 aliphatic carbocycles. The van der Waals surface area contributed by atoms with E-state index in [1.807, 2.05) is 0 Å². The Bertz CT molecular complexity index is 1010. The lowest BCUT2D eigenvalue weighted by Crippen LogP contribution is -1.92. The van der Waals surface area contributed by atoms with Gasteiger partial charge in [-0.3, -0.25) is 0 Å². The Morgan fingerprint density at radius 2 is 1.29 bits per heavy atom. The van der Waals surface area contributed by atoms with Crippen molar-refractivity contribution in [3.8, 4) is 22.3 Å². The van der Waals surface area contributed by atoms with Gasteiger partial charge in [0.25, 0.3) is 0 Å². The van der Waals surface area contributed by atoms with Crippen molar-refractivity contribution < 1.29 is 0 Å². The summed E-state index contributed by atoms with van der Waals surface area (Å²) >= 11 is 0. The average molecular weight is 308 g/mol. The van der Waals surface area contributed by atoms with Gasteiger partial charge in [-0.1, -0.05) is 84.9 Å². The fourth-order valence-electron chi connectivity index (χ4n) is 3.44. The first kappa shape index (κ1) is 14.7. The van der Waals surface area contributed by atoms with E-state index < -0.39 is 0 Å². The monoisotopic (exact) mass is 308 g/mol. The summed E-state index contributed by atoms with van der Waals surface area (Å²) < 4.78 is 0. The third-order valence-electron chi connectivity index (χ3n) is 4.89. The molecule has 0 N–H and O–H groups in total. The van der Waals surface area contributed by atoms with Crippen LogP contribution in [0.1, 0.15) is 11.1 Å². The first-order chi connectivity index (χ1) is 11.8. The van der Waals surface area contributed by atoms with Crippen molar-refractivity contribution >= 4 is 10.8 Å². The van der Waals surface area contributed by atoms with E-state index in [4.69, 9.17) is 0 Å². The molecule has 0 bridgehead atoms. The Balaban J connectivity index is 2.13. The van der Waals surface area contributed by atoms with Gasteiger partial charge in [0.15, 0.2) is 0 Å². The lowest BCUT2D eigenvalue weighted by molar-refractivity contribution is 1.34. The SMILES string of the molecule is Cc1cccc(-c2c(-c3ccccc3)ccc3ccccc23)c1C. The van der Waals surface area contributed by atoms with Gasteiger partial charge in [-0.2, -0.15) is 0 Å². The van der Waals surface area contributed by atoms with E-state index in [0.29, 0.717) is 0 Å². The van der Waals surface area contributed by atoms with Crippen LogP contribution in [0.25, 0.3) is 33.0 Å². The number of hydrogen-bond donors (Lipinski definition) is 0. The predicted octanol–water partition coefficient (Wildman–Crippen LogP) is 6.79. The molecule has 0 heteroatoms. The van der Waals surface area contributed by atoms with Crippen LogP contribution in [0.2, 0.25) is 0 Å². The zero-order valence-electron chi connectivity index (χ0n) is 14.1. The quantitative estimate of drug-likeness (QED) is 0.382. The predicted molar refractivity (Wildman–Crippen MR) is 104 cm³/mol. The van der Waals surface area contributed by atoms with Gasteiger partial charge in [-0.05, 0) is 58.0 Å². The molecular formula is C24H20. The van der Waals surface area contributed by atoms with Crippen molar-refractivity contribution in [1.29, 1.82) is 0 Å². The van der Waals surface area contributed by atoms with Crippen LogP contribution in [-0.4, -0.2) is 0 Å². The van der Waals surface area contributed by atoms with Crippen molar-refractivity contribution in [3.05, 3.63) is 96.1 Å². The highest BCUT2D eigenvalue weighted by molar-refractivity contribution is 6.04. The maximum atomic E-state index is 2.26. The topological polar surface area (TPSA) is 0 Å². The minimum atomic E-state index is 1.26. The summed E-state index contributed by atoms with van der Waals surface area (Å²) in [6, 6.07) is 30.4. The Morgan fingerprint density at radius 3 is 2.12 bits per heavy atom. The van der Waals surface area contributed by atoms with Crippen LogP contribution >= 0.6 is 0 Å². The summed E-state index contributed by atoms with van der Waals surface area (Å²) in [5.41, 5.74) is 7.90. The van der Waals surface area contributed by atoms with E-state index >= 15 is 0 Å². The molecule has 0 aliphatic heterocycles. The number of fused-ring (bicyclic) bond motifs is 1. The number of benzene rings is 4. The van der Waals surface area contributed by atoms with Gasteiger partial charge in [-0.25, -0.2) is 0 Å². The maximum Gasteiger partial charge on any atom is -0.00241 e. The number of rotatable bonds is 2. The smallest absolute Gasteiger partial charge is 0.00241 e. The fourth-order valence-corrected chi connectivity index (χ4v) is 3.44. The Labute approximate surface area is 143 Å². The molecule has 0 saturated heterocycles.